The molecule has 4 aliphatic carbocycles. The number of anilines is 3. The second-order valence-corrected chi connectivity index (χ2v) is 21.8. The summed E-state index contributed by atoms with van der Waals surface area (Å²) in [5.74, 6) is -0.0540. The van der Waals surface area contributed by atoms with Crippen LogP contribution in [0.1, 0.15) is 85.0 Å². The van der Waals surface area contributed by atoms with Crippen LogP contribution in [0.15, 0.2) is 116 Å². The van der Waals surface area contributed by atoms with Crippen LogP contribution in [0.3, 0.4) is 0 Å². The molecule has 4 aliphatic rings. The summed E-state index contributed by atoms with van der Waals surface area (Å²) in [4.78, 5) is 78.5. The molecule has 0 aromatic heterocycles. The van der Waals surface area contributed by atoms with Crippen LogP contribution < -0.4 is 16.0 Å². The van der Waals surface area contributed by atoms with E-state index in [0.717, 1.165) is 59.0 Å². The number of nitro benzene ring substituents is 2. The first-order valence-electron chi connectivity index (χ1n) is 26.1. The van der Waals surface area contributed by atoms with Gasteiger partial charge in [-0.25, -0.2) is 14.4 Å². The number of amides is 4. The Morgan fingerprint density at radius 3 is 1.89 bits per heavy atom. The maximum absolute atomic E-state index is 14.4. The predicted octanol–water partition coefficient (Wildman–Crippen LogP) is 13.3. The van der Waals surface area contributed by atoms with Crippen molar-refractivity contribution in [3.63, 3.8) is 0 Å². The van der Waals surface area contributed by atoms with E-state index in [1.54, 1.807) is 18.0 Å². The van der Waals surface area contributed by atoms with E-state index < -0.39 is 63.2 Å². The molecule has 17 heteroatoms. The van der Waals surface area contributed by atoms with Crippen molar-refractivity contribution in [1.82, 2.24) is 4.90 Å². The molecular weight excluding hydrogens is 957 g/mol. The van der Waals surface area contributed by atoms with Gasteiger partial charge in [0.25, 0.3) is 11.4 Å². The zero-order chi connectivity index (χ0) is 53.2. The Hall–Kier alpha value is -7.56. The number of likely N-dealkylation sites (N-methyl/N-ethyl adjacent to an activating group) is 1. The number of nitrogens with zero attached hydrogens (tertiary/aromatic N) is 3. The molecule has 4 amide bonds. The van der Waals surface area contributed by atoms with Gasteiger partial charge in [0, 0.05) is 54.9 Å². The Morgan fingerprint density at radius 2 is 1.29 bits per heavy atom. The number of nitro groups is 2. The normalized spacial score (nSPS) is 27.0. The third-order valence-electron chi connectivity index (χ3n) is 17.7. The number of nitrogens with one attached hydrogen (secondary N) is 3. The molecule has 11 atom stereocenters. The van der Waals surface area contributed by atoms with Gasteiger partial charge in [-0.2, -0.15) is 0 Å². The number of hydrogen-bond acceptors (Lipinski definition) is 11. The summed E-state index contributed by atoms with van der Waals surface area (Å²) in [6.07, 6.45) is 4.00. The van der Waals surface area contributed by atoms with Gasteiger partial charge in [-0.15, -0.1) is 6.58 Å². The third kappa shape index (κ3) is 11.0. The number of carbonyl (C=O) groups excluding carboxylic acids is 4. The van der Waals surface area contributed by atoms with Gasteiger partial charge >= 0.3 is 18.3 Å². The summed E-state index contributed by atoms with van der Waals surface area (Å²) in [7, 11) is 1.78. The lowest BCUT2D eigenvalue weighted by Gasteiger charge is -2.64. The van der Waals surface area contributed by atoms with E-state index in [9.17, 15) is 39.4 Å². The topological polar surface area (TPSA) is 222 Å². The van der Waals surface area contributed by atoms with Crippen molar-refractivity contribution in [3.05, 3.63) is 136 Å². The molecule has 5 aromatic carbocycles. The molecular formula is C58H66N6O11. The second-order valence-electron chi connectivity index (χ2n) is 21.8. The fourth-order valence-corrected chi connectivity index (χ4v) is 14.0. The van der Waals surface area contributed by atoms with Gasteiger partial charge in [-0.3, -0.25) is 41.0 Å². The van der Waals surface area contributed by atoms with Crippen molar-refractivity contribution in [2.45, 2.75) is 103 Å². The molecule has 5 aromatic rings. The molecule has 0 heterocycles. The summed E-state index contributed by atoms with van der Waals surface area (Å²) < 4.78 is 19.5. The van der Waals surface area contributed by atoms with E-state index in [2.05, 4.69) is 43.3 Å². The first-order chi connectivity index (χ1) is 35.9. The number of benzene rings is 5. The summed E-state index contributed by atoms with van der Waals surface area (Å²) in [6.45, 7) is 11.0. The van der Waals surface area contributed by atoms with Crippen molar-refractivity contribution < 1.29 is 43.2 Å². The Morgan fingerprint density at radius 1 is 0.720 bits per heavy atom. The number of hydrogen-bond donors (Lipinski definition) is 3. The largest absolute Gasteiger partial charge is 0.446 e. The molecule has 0 aliphatic heterocycles. The highest BCUT2D eigenvalue weighted by Crippen LogP contribution is 2.69. The number of ether oxygens (including phenoxy) is 3. The van der Waals surface area contributed by atoms with Gasteiger partial charge in [0.15, 0.2) is 0 Å². The van der Waals surface area contributed by atoms with E-state index in [0.29, 0.717) is 62.9 Å². The Kier molecular flexibility index (Phi) is 15.2. The molecule has 9 rings (SSSR count). The maximum Gasteiger partial charge on any atom is 0.411 e. The van der Waals surface area contributed by atoms with Crippen molar-refractivity contribution in [1.29, 1.82) is 0 Å². The molecule has 3 N–H and O–H groups in total. The molecule has 0 radical (unpaired) electrons. The van der Waals surface area contributed by atoms with Gasteiger partial charge in [-0.05, 0) is 139 Å². The van der Waals surface area contributed by atoms with Crippen molar-refractivity contribution in [3.8, 4) is 0 Å². The smallest absolute Gasteiger partial charge is 0.411 e. The van der Waals surface area contributed by atoms with Crippen molar-refractivity contribution in [2.24, 2.45) is 46.3 Å². The van der Waals surface area contributed by atoms with Crippen molar-refractivity contribution in [2.75, 3.05) is 29.5 Å². The minimum absolute atomic E-state index is 0.0301. The van der Waals surface area contributed by atoms with E-state index in [-0.39, 0.29) is 52.5 Å². The first-order valence-corrected chi connectivity index (χ1v) is 26.1. The van der Waals surface area contributed by atoms with Gasteiger partial charge in [0.1, 0.15) is 18.3 Å². The molecule has 0 saturated heterocycles. The predicted molar refractivity (Wildman–Crippen MR) is 286 cm³/mol. The summed E-state index contributed by atoms with van der Waals surface area (Å²) in [6, 6.07) is 30.2. The molecule has 0 bridgehead atoms. The number of non-ortho nitro benzene ring substituents is 2. The van der Waals surface area contributed by atoms with Gasteiger partial charge in [0.05, 0.1) is 21.6 Å². The van der Waals surface area contributed by atoms with Crippen LogP contribution in [0.5, 0.6) is 0 Å². The van der Waals surface area contributed by atoms with Gasteiger partial charge < -0.3 is 19.1 Å². The van der Waals surface area contributed by atoms with Crippen molar-refractivity contribution >= 4 is 74.2 Å². The quantitative estimate of drug-likeness (QED) is 0.0387. The number of rotatable bonds is 15. The fraction of sp³-hybridized carbons (Fsp3) is 0.448. The molecule has 0 unspecified atom stereocenters. The number of carbonyl (C=O) groups is 4. The van der Waals surface area contributed by atoms with Crippen LogP contribution in [0.4, 0.5) is 42.8 Å². The SMILES string of the molecule is C=CCN(C)C(=O)CCC[C@@H](C)[C@H]1CC[C@H]2[C@@H]3[C@H](OC(=O)Nc4ccc5ccccc5c4)C[C@@H]4C[C@H](OC(=O)Nc5cc([N+](=O)[O-])cc([N+](=O)[O-])c5)CC[C@]4(C)[C@H]3C[C@H](OC(=O)Nc3ccc4ccccc4c3)[C@]12C. The van der Waals surface area contributed by atoms with Gasteiger partial charge in [0.2, 0.25) is 5.91 Å². The van der Waals surface area contributed by atoms with Crippen LogP contribution in [0, 0.1) is 66.6 Å². The van der Waals surface area contributed by atoms with Crippen LogP contribution in [0.25, 0.3) is 21.5 Å². The Labute approximate surface area is 436 Å². The highest BCUT2D eigenvalue weighted by molar-refractivity contribution is 5.92. The monoisotopic (exact) mass is 1020 g/mol. The molecule has 394 valence electrons. The Balaban J connectivity index is 1.02. The van der Waals surface area contributed by atoms with Crippen LogP contribution in [0.2, 0.25) is 0 Å². The third-order valence-corrected chi connectivity index (χ3v) is 17.7. The molecule has 75 heavy (non-hydrogen) atoms. The standard InChI is InChI=1S/C58H66N6O11/c1-6-26-62(5)52(65)17-11-12-35(2)47-22-23-48-53-49(34-51(58(47,48)4)75-56(68)60-42-21-19-37-14-8-10-16-39(37)28-42)57(3)25-24-46(73-54(66)61-43-31-44(63(69)70)33-45(32-43)64(71)72)29-40(57)30-50(53)74-55(67)59-41-20-18-36-13-7-9-15-38(36)27-41/h6-10,13-16,18-21,27-28,31-33,35,40,46-51,53H,1,11-12,17,22-26,29-30,34H2,2-5H3,(H,59,67)(H,60,68)(H,61,66)/t35-,40+,46-,47-,48+,49+,50-,51+,53+,57+,58-/m1/s1. The average Bonchev–Trinajstić information content (AvgIpc) is 3.75. The lowest BCUT2D eigenvalue weighted by molar-refractivity contribution is -0.394. The van der Waals surface area contributed by atoms with E-state index in [1.165, 1.54) is 0 Å². The van der Waals surface area contributed by atoms with Crippen LogP contribution >= 0.6 is 0 Å². The molecule has 0 spiro atoms. The minimum atomic E-state index is -0.909. The summed E-state index contributed by atoms with van der Waals surface area (Å²) >= 11 is 0. The first kappa shape index (κ1) is 52.3. The zero-order valence-corrected chi connectivity index (χ0v) is 42.9. The number of fused-ring (bicyclic) bond motifs is 7. The second kappa shape index (κ2) is 21.7. The summed E-state index contributed by atoms with van der Waals surface area (Å²) in [5.41, 5.74) is -0.994. The maximum atomic E-state index is 14.4. The van der Waals surface area contributed by atoms with E-state index in [4.69, 9.17) is 14.2 Å². The highest BCUT2D eigenvalue weighted by atomic mass is 16.6. The molecule has 4 saturated carbocycles. The fourth-order valence-electron chi connectivity index (χ4n) is 14.0. The van der Waals surface area contributed by atoms with Crippen LogP contribution in [-0.2, 0) is 19.0 Å². The zero-order valence-electron chi connectivity index (χ0n) is 42.9. The average molecular weight is 1020 g/mol. The minimum Gasteiger partial charge on any atom is -0.446 e. The summed E-state index contributed by atoms with van der Waals surface area (Å²) in [5, 5.41) is 35.7. The molecule has 4 fully saturated rings. The lowest BCUT2D eigenvalue weighted by atomic mass is 9.43. The van der Waals surface area contributed by atoms with Gasteiger partial charge in [-0.1, -0.05) is 87.5 Å². The lowest BCUT2D eigenvalue weighted by Crippen LogP contribution is -2.63. The van der Waals surface area contributed by atoms with E-state index >= 15 is 0 Å². The highest BCUT2D eigenvalue weighted by Gasteiger charge is 2.68. The Bertz CT molecular complexity index is 2990. The van der Waals surface area contributed by atoms with E-state index in [1.807, 2.05) is 84.9 Å². The van der Waals surface area contributed by atoms with Crippen LogP contribution in [-0.4, -0.2) is 70.8 Å². The molecule has 17 nitrogen and oxygen atoms in total.